The number of nitrogens with zero attached hydrogens (tertiary/aromatic N) is 4. The third kappa shape index (κ3) is 4.71. The molecule has 1 aromatic heterocycles. The van der Waals surface area contributed by atoms with Crippen molar-refractivity contribution in [2.24, 2.45) is 0 Å². The molecule has 2 aliphatic heterocycles. The quantitative estimate of drug-likeness (QED) is 0.698. The first-order valence-corrected chi connectivity index (χ1v) is 10.5. The van der Waals surface area contributed by atoms with Crippen molar-refractivity contribution in [1.29, 1.82) is 0 Å². The van der Waals surface area contributed by atoms with Crippen LogP contribution in [0, 0.1) is 11.6 Å². The summed E-state index contributed by atoms with van der Waals surface area (Å²) in [5.74, 6) is -1.26. The number of hydrogen-bond acceptors (Lipinski definition) is 6. The number of benzene rings is 1. The second-order valence-electron chi connectivity index (χ2n) is 7.69. The number of halogens is 3. The number of nitrogens with two attached hydrogens (primary N) is 1. The number of anilines is 3. The molecule has 1 aromatic carbocycles. The molecule has 0 aliphatic carbocycles. The van der Waals surface area contributed by atoms with E-state index in [2.05, 4.69) is 15.3 Å². The molecule has 2 atom stereocenters. The number of nitrogens with one attached hydrogen (secondary N) is 1. The molecule has 1 amide bonds. The van der Waals surface area contributed by atoms with Crippen LogP contribution in [0.3, 0.4) is 0 Å². The van der Waals surface area contributed by atoms with E-state index in [-0.39, 0.29) is 28.6 Å². The Morgan fingerprint density at radius 1 is 1.19 bits per heavy atom. The first-order chi connectivity index (χ1) is 14.9. The van der Waals surface area contributed by atoms with E-state index in [9.17, 15) is 13.6 Å². The second-order valence-corrected chi connectivity index (χ2v) is 8.13. The fourth-order valence-corrected chi connectivity index (χ4v) is 4.32. The molecule has 10 heteroatoms. The summed E-state index contributed by atoms with van der Waals surface area (Å²) >= 11 is 5.94. The van der Waals surface area contributed by atoms with Gasteiger partial charge in [-0.3, -0.25) is 4.79 Å². The molecule has 7 nitrogen and oxygen atoms in total. The molecule has 0 bridgehead atoms. The molecule has 164 valence electrons. The summed E-state index contributed by atoms with van der Waals surface area (Å²) in [6.07, 6.45) is 7.15. The molecule has 0 radical (unpaired) electrons. The first kappa shape index (κ1) is 21.3. The van der Waals surface area contributed by atoms with Crippen molar-refractivity contribution in [1.82, 2.24) is 14.9 Å². The highest BCUT2D eigenvalue weighted by atomic mass is 35.5. The van der Waals surface area contributed by atoms with Gasteiger partial charge in [0.1, 0.15) is 18.2 Å². The van der Waals surface area contributed by atoms with E-state index in [0.717, 1.165) is 12.8 Å². The van der Waals surface area contributed by atoms with Gasteiger partial charge in [-0.1, -0.05) is 23.8 Å². The van der Waals surface area contributed by atoms with E-state index >= 15 is 0 Å². The summed E-state index contributed by atoms with van der Waals surface area (Å²) in [6.45, 7) is 1.50. The van der Waals surface area contributed by atoms with E-state index in [1.165, 1.54) is 18.5 Å². The van der Waals surface area contributed by atoms with Crippen LogP contribution in [0.1, 0.15) is 19.3 Å². The number of hydrogen-bond donors (Lipinski definition) is 2. The smallest absolute Gasteiger partial charge is 0.245 e. The predicted octanol–water partition coefficient (Wildman–Crippen LogP) is 3.23. The number of carbonyl (C=O) groups excluding carboxylic acids is 1. The standard InChI is InChI=1S/C21H23ClF2N6O/c22-13-8-14(23)10-15(9-13)28-17-5-1-2-7-30(21(17)31)16-4-3-6-29(11-16)20-18(24)19(25)26-12-27-20/h1-2,8-10,12,16-17,28H,3-7,11H2,(H2,25,26,27)/t16-,17?/m1/s1. The lowest BCUT2D eigenvalue weighted by molar-refractivity contribution is -0.133. The highest BCUT2D eigenvalue weighted by molar-refractivity contribution is 6.30. The van der Waals surface area contributed by atoms with E-state index in [1.807, 2.05) is 12.2 Å². The SMILES string of the molecule is Nc1ncnc(N2CCC[C@@H](N3CC=CCC(Nc4cc(F)cc(Cl)c4)C3=O)C2)c1F. The number of carbonyl (C=O) groups is 1. The minimum Gasteiger partial charge on any atom is -0.381 e. The molecular formula is C21H23ClF2N6O. The third-order valence-electron chi connectivity index (χ3n) is 5.56. The lowest BCUT2D eigenvalue weighted by Crippen LogP contribution is -2.53. The fourth-order valence-electron chi connectivity index (χ4n) is 4.10. The molecule has 3 N–H and O–H groups in total. The van der Waals surface area contributed by atoms with Crippen LogP contribution in [-0.2, 0) is 4.79 Å². The Morgan fingerprint density at radius 2 is 2.03 bits per heavy atom. The van der Waals surface area contributed by atoms with Gasteiger partial charge in [-0.2, -0.15) is 4.39 Å². The lowest BCUT2D eigenvalue weighted by Gasteiger charge is -2.40. The number of amides is 1. The molecule has 3 heterocycles. The van der Waals surface area contributed by atoms with E-state index in [0.29, 0.717) is 31.7 Å². The van der Waals surface area contributed by atoms with Gasteiger partial charge in [0.15, 0.2) is 11.6 Å². The van der Waals surface area contributed by atoms with Gasteiger partial charge in [0.05, 0.1) is 0 Å². The van der Waals surface area contributed by atoms with Crippen molar-refractivity contribution in [2.75, 3.05) is 35.6 Å². The monoisotopic (exact) mass is 448 g/mol. The summed E-state index contributed by atoms with van der Waals surface area (Å²) in [7, 11) is 0. The predicted molar refractivity (Wildman–Crippen MR) is 116 cm³/mol. The highest BCUT2D eigenvalue weighted by Crippen LogP contribution is 2.27. The van der Waals surface area contributed by atoms with Gasteiger partial charge in [0, 0.05) is 36.4 Å². The molecule has 1 saturated heterocycles. The summed E-state index contributed by atoms with van der Waals surface area (Å²) in [4.78, 5) is 24.7. The van der Waals surface area contributed by atoms with Crippen molar-refractivity contribution < 1.29 is 13.6 Å². The minimum atomic E-state index is -0.646. The van der Waals surface area contributed by atoms with Crippen molar-refractivity contribution in [3.63, 3.8) is 0 Å². The van der Waals surface area contributed by atoms with Gasteiger partial charge < -0.3 is 20.9 Å². The molecule has 2 aliphatic rings. The molecule has 0 saturated carbocycles. The number of nitrogen functional groups attached to an aromatic ring is 1. The largest absolute Gasteiger partial charge is 0.381 e. The minimum absolute atomic E-state index is 0.0973. The van der Waals surface area contributed by atoms with E-state index < -0.39 is 17.7 Å². The molecule has 2 aromatic rings. The molecule has 1 unspecified atom stereocenters. The third-order valence-corrected chi connectivity index (χ3v) is 5.78. The second kappa shape index (κ2) is 9.05. The van der Waals surface area contributed by atoms with Crippen LogP contribution in [0.4, 0.5) is 26.1 Å². The first-order valence-electron chi connectivity index (χ1n) is 10.1. The van der Waals surface area contributed by atoms with Crippen LogP contribution < -0.4 is 16.0 Å². The Balaban J connectivity index is 1.51. The van der Waals surface area contributed by atoms with Gasteiger partial charge in [0.25, 0.3) is 0 Å². The Kier molecular flexibility index (Phi) is 6.22. The van der Waals surface area contributed by atoms with Gasteiger partial charge >= 0.3 is 0 Å². The molecular weight excluding hydrogens is 426 g/mol. The lowest BCUT2D eigenvalue weighted by atomic mass is 10.0. The van der Waals surface area contributed by atoms with Crippen molar-refractivity contribution in [3.8, 4) is 0 Å². The zero-order valence-electron chi connectivity index (χ0n) is 16.8. The van der Waals surface area contributed by atoms with Gasteiger partial charge in [-0.05, 0) is 37.5 Å². The van der Waals surface area contributed by atoms with Crippen molar-refractivity contribution >= 4 is 34.8 Å². The fraction of sp³-hybridized carbons (Fsp3) is 0.381. The summed E-state index contributed by atoms with van der Waals surface area (Å²) in [5.41, 5.74) is 6.04. The van der Waals surface area contributed by atoms with E-state index in [4.69, 9.17) is 17.3 Å². The van der Waals surface area contributed by atoms with Crippen LogP contribution >= 0.6 is 11.6 Å². The average Bonchev–Trinajstić information content (AvgIpc) is 2.91. The van der Waals surface area contributed by atoms with Crippen LogP contribution in [-0.4, -0.2) is 52.5 Å². The van der Waals surface area contributed by atoms with Crippen LogP contribution in [0.15, 0.2) is 36.7 Å². The van der Waals surface area contributed by atoms with Crippen LogP contribution in [0.25, 0.3) is 0 Å². The topological polar surface area (TPSA) is 87.4 Å². The van der Waals surface area contributed by atoms with Crippen molar-refractivity contribution in [3.05, 3.63) is 53.3 Å². The van der Waals surface area contributed by atoms with Gasteiger partial charge in [0.2, 0.25) is 11.7 Å². The zero-order valence-corrected chi connectivity index (χ0v) is 17.5. The molecule has 1 fully saturated rings. The molecule has 31 heavy (non-hydrogen) atoms. The molecule has 4 rings (SSSR count). The average molecular weight is 449 g/mol. The van der Waals surface area contributed by atoms with Gasteiger partial charge in [-0.25, -0.2) is 14.4 Å². The number of piperidine rings is 1. The maximum atomic E-state index is 14.4. The summed E-state index contributed by atoms with van der Waals surface area (Å²) in [5, 5.41) is 3.36. The number of aromatic nitrogens is 2. The van der Waals surface area contributed by atoms with Crippen LogP contribution in [0.2, 0.25) is 5.02 Å². The van der Waals surface area contributed by atoms with Crippen LogP contribution in [0.5, 0.6) is 0 Å². The Hall–Kier alpha value is -2.94. The summed E-state index contributed by atoms with van der Waals surface area (Å²) in [6, 6.07) is 3.42. The number of rotatable bonds is 4. The Morgan fingerprint density at radius 3 is 2.84 bits per heavy atom. The Bertz CT molecular complexity index is 984. The van der Waals surface area contributed by atoms with Gasteiger partial charge in [-0.15, -0.1) is 0 Å². The van der Waals surface area contributed by atoms with E-state index in [1.54, 1.807) is 15.9 Å². The zero-order chi connectivity index (χ0) is 22.0. The highest BCUT2D eigenvalue weighted by Gasteiger charge is 2.34. The van der Waals surface area contributed by atoms with Crippen molar-refractivity contribution in [2.45, 2.75) is 31.3 Å². The molecule has 0 spiro atoms. The normalized spacial score (nSPS) is 21.8. The maximum Gasteiger partial charge on any atom is 0.245 e. The Labute approximate surface area is 183 Å². The maximum absolute atomic E-state index is 14.4. The summed E-state index contributed by atoms with van der Waals surface area (Å²) < 4.78 is 28.1.